The first-order valence-electron chi connectivity index (χ1n) is 21.9. The van der Waals surface area contributed by atoms with Crippen LogP contribution in [0.2, 0.25) is 0 Å². The van der Waals surface area contributed by atoms with Crippen molar-refractivity contribution < 1.29 is 4.42 Å². The van der Waals surface area contributed by atoms with E-state index in [1.54, 1.807) is 0 Å². The number of furan rings is 1. The summed E-state index contributed by atoms with van der Waals surface area (Å²) in [5.74, 6) is 1.74. The summed E-state index contributed by atoms with van der Waals surface area (Å²) < 4.78 is 11.5. The minimum atomic E-state index is 0.552. The lowest BCUT2D eigenvalue weighted by Gasteiger charge is -2.14. The fourth-order valence-corrected chi connectivity index (χ4v) is 10.3. The number of fused-ring (bicyclic) bond motifs is 11. The van der Waals surface area contributed by atoms with E-state index >= 15 is 0 Å². The quantitative estimate of drug-likeness (QED) is 0.173. The molecule has 0 atom stereocenters. The molecule has 10 aromatic carbocycles. The van der Waals surface area contributed by atoms with E-state index in [9.17, 15) is 0 Å². The number of benzene rings is 10. The minimum absolute atomic E-state index is 0.552. The van der Waals surface area contributed by atoms with E-state index in [1.165, 1.54) is 21.5 Å². The lowest BCUT2D eigenvalue weighted by atomic mass is 10.0. The number of rotatable bonds is 5. The van der Waals surface area contributed by atoms with Gasteiger partial charge in [-0.05, 0) is 82.2 Å². The summed E-state index contributed by atoms with van der Waals surface area (Å²) in [6, 6.07) is 74.9. The van der Waals surface area contributed by atoms with E-state index in [1.807, 2.05) is 12.1 Å². The number of nitrogens with zero attached hydrogens (tertiary/aromatic N) is 5. The summed E-state index contributed by atoms with van der Waals surface area (Å²) in [6.45, 7) is 0. The molecule has 302 valence electrons. The van der Waals surface area contributed by atoms with Crippen LogP contribution in [-0.4, -0.2) is 24.1 Å². The summed E-state index contributed by atoms with van der Waals surface area (Å²) >= 11 is 0. The molecule has 14 aromatic rings. The van der Waals surface area contributed by atoms with E-state index in [4.69, 9.17) is 19.4 Å². The zero-order valence-electron chi connectivity index (χ0n) is 34.9. The van der Waals surface area contributed by atoms with Crippen LogP contribution in [0.25, 0.3) is 133 Å². The second kappa shape index (κ2) is 13.8. The molecule has 0 aliphatic rings. The first kappa shape index (κ1) is 35.7. The molecule has 0 unspecified atom stereocenters. The average molecular weight is 830 g/mol. The molecule has 4 aromatic heterocycles. The van der Waals surface area contributed by atoms with Crippen LogP contribution in [0.5, 0.6) is 0 Å². The van der Waals surface area contributed by atoms with Gasteiger partial charge in [-0.3, -0.25) is 0 Å². The van der Waals surface area contributed by atoms with Gasteiger partial charge in [0.2, 0.25) is 0 Å². The van der Waals surface area contributed by atoms with E-state index in [0.717, 1.165) is 93.6 Å². The number of hydrogen-bond donors (Lipinski definition) is 0. The Morgan fingerprint density at radius 3 is 1.74 bits per heavy atom. The molecule has 0 fully saturated rings. The zero-order valence-corrected chi connectivity index (χ0v) is 34.9. The maximum Gasteiger partial charge on any atom is 0.164 e. The Morgan fingerprint density at radius 2 is 0.908 bits per heavy atom. The molecule has 65 heavy (non-hydrogen) atoms. The van der Waals surface area contributed by atoms with E-state index in [0.29, 0.717) is 17.5 Å². The zero-order chi connectivity index (χ0) is 42.6. The second-order valence-corrected chi connectivity index (χ2v) is 16.8. The summed E-state index contributed by atoms with van der Waals surface area (Å²) in [4.78, 5) is 16.3. The topological polar surface area (TPSA) is 61.7 Å². The van der Waals surface area contributed by atoms with Crippen molar-refractivity contribution in [2.45, 2.75) is 0 Å². The Morgan fingerprint density at radius 1 is 0.323 bits per heavy atom. The molecule has 6 nitrogen and oxygen atoms in total. The van der Waals surface area contributed by atoms with Gasteiger partial charge in [0.15, 0.2) is 17.5 Å². The standard InChI is InChI=1S/C59H35N5O/c1-2-20-40(21-3-1)63-49-29-12-9-24-44(49)55-46(27-15-30-50(55)63)59-61-57(60-58(62-59)43-26-14-19-36-16-6-7-22-41(36)43)39-34-52(56-45-25-10-13-31-53(45)65-54(56)35-39)64-48-28-11-8-23-42(48)47-32-37-17-4-5-18-38(37)33-51(47)64/h1-35H. The molecule has 0 amide bonds. The molecule has 0 N–H and O–H groups in total. The summed E-state index contributed by atoms with van der Waals surface area (Å²) in [6.07, 6.45) is 0. The SMILES string of the molecule is c1ccc(-n2c3ccccc3c3c(-c4nc(-c5cc(-n6c7ccccc7c7cc8ccccc8cc76)c6c(c5)oc5ccccc56)nc(-c5cccc6ccccc56)n4)cccc32)cc1. The Bertz CT molecular complexity index is 4250. The van der Waals surface area contributed by atoms with E-state index in [-0.39, 0.29) is 0 Å². The Kier molecular flexibility index (Phi) is 7.59. The molecule has 6 heteroatoms. The van der Waals surface area contributed by atoms with Crippen molar-refractivity contribution in [3.63, 3.8) is 0 Å². The fraction of sp³-hybridized carbons (Fsp3) is 0. The maximum absolute atomic E-state index is 6.80. The van der Waals surface area contributed by atoms with Crippen molar-refractivity contribution in [1.82, 2.24) is 24.1 Å². The lowest BCUT2D eigenvalue weighted by molar-refractivity contribution is 0.669. The molecular weight excluding hydrogens is 795 g/mol. The predicted molar refractivity (Wildman–Crippen MR) is 267 cm³/mol. The number of hydrogen-bond acceptors (Lipinski definition) is 4. The highest BCUT2D eigenvalue weighted by molar-refractivity contribution is 6.18. The number of para-hydroxylation sites is 4. The van der Waals surface area contributed by atoms with Crippen LogP contribution in [0.3, 0.4) is 0 Å². The van der Waals surface area contributed by atoms with Crippen molar-refractivity contribution in [1.29, 1.82) is 0 Å². The molecule has 14 rings (SSSR count). The van der Waals surface area contributed by atoms with Crippen LogP contribution < -0.4 is 0 Å². The first-order chi connectivity index (χ1) is 32.2. The summed E-state index contributed by atoms with van der Waals surface area (Å²) in [5.41, 5.74) is 10.8. The number of aromatic nitrogens is 5. The summed E-state index contributed by atoms with van der Waals surface area (Å²) in [5, 5.41) is 11.2. The van der Waals surface area contributed by atoms with Gasteiger partial charge < -0.3 is 13.6 Å². The van der Waals surface area contributed by atoms with E-state index < -0.39 is 0 Å². The predicted octanol–water partition coefficient (Wildman–Crippen LogP) is 15.3. The Balaban J connectivity index is 1.09. The van der Waals surface area contributed by atoms with Crippen molar-refractivity contribution >= 4 is 87.1 Å². The van der Waals surface area contributed by atoms with Crippen LogP contribution in [0.15, 0.2) is 217 Å². The monoisotopic (exact) mass is 829 g/mol. The molecule has 0 radical (unpaired) electrons. The van der Waals surface area contributed by atoms with Crippen LogP contribution >= 0.6 is 0 Å². The highest BCUT2D eigenvalue weighted by atomic mass is 16.3. The van der Waals surface area contributed by atoms with Gasteiger partial charge in [0.25, 0.3) is 0 Å². The molecule has 0 aliphatic heterocycles. The molecule has 4 heterocycles. The lowest BCUT2D eigenvalue weighted by Crippen LogP contribution is -2.02. The Labute approximate surface area is 371 Å². The molecular formula is C59H35N5O. The maximum atomic E-state index is 6.80. The Hall–Kier alpha value is -8.87. The first-order valence-corrected chi connectivity index (χ1v) is 21.9. The molecule has 0 saturated heterocycles. The summed E-state index contributed by atoms with van der Waals surface area (Å²) in [7, 11) is 0. The van der Waals surface area contributed by atoms with Gasteiger partial charge in [-0.25, -0.2) is 15.0 Å². The molecule has 0 saturated carbocycles. The third-order valence-electron chi connectivity index (χ3n) is 13.1. The van der Waals surface area contributed by atoms with Crippen molar-refractivity contribution in [2.24, 2.45) is 0 Å². The normalized spacial score (nSPS) is 12.0. The van der Waals surface area contributed by atoms with E-state index in [2.05, 4.69) is 209 Å². The second-order valence-electron chi connectivity index (χ2n) is 16.8. The average Bonchev–Trinajstić information content (AvgIpc) is 4.03. The van der Waals surface area contributed by atoms with Gasteiger partial charge in [0, 0.05) is 49.3 Å². The van der Waals surface area contributed by atoms with Gasteiger partial charge in [0.1, 0.15) is 11.2 Å². The van der Waals surface area contributed by atoms with Gasteiger partial charge in [-0.1, -0.05) is 152 Å². The highest BCUT2D eigenvalue weighted by Gasteiger charge is 2.24. The van der Waals surface area contributed by atoms with Crippen molar-refractivity contribution in [2.75, 3.05) is 0 Å². The van der Waals surface area contributed by atoms with Crippen LogP contribution in [0.4, 0.5) is 0 Å². The van der Waals surface area contributed by atoms with Crippen LogP contribution in [0.1, 0.15) is 0 Å². The molecule has 0 aliphatic carbocycles. The minimum Gasteiger partial charge on any atom is -0.456 e. The third kappa shape index (κ3) is 5.38. The van der Waals surface area contributed by atoms with Gasteiger partial charge >= 0.3 is 0 Å². The van der Waals surface area contributed by atoms with Gasteiger partial charge in [-0.15, -0.1) is 0 Å². The van der Waals surface area contributed by atoms with Gasteiger partial charge in [0.05, 0.1) is 33.1 Å². The van der Waals surface area contributed by atoms with Crippen molar-refractivity contribution in [3.8, 4) is 45.5 Å². The smallest absolute Gasteiger partial charge is 0.164 e. The largest absolute Gasteiger partial charge is 0.456 e. The van der Waals surface area contributed by atoms with Crippen LogP contribution in [0, 0.1) is 0 Å². The van der Waals surface area contributed by atoms with Crippen molar-refractivity contribution in [3.05, 3.63) is 212 Å². The third-order valence-corrected chi connectivity index (χ3v) is 13.1. The van der Waals surface area contributed by atoms with Crippen LogP contribution in [-0.2, 0) is 0 Å². The van der Waals surface area contributed by atoms with Gasteiger partial charge in [-0.2, -0.15) is 0 Å². The molecule has 0 bridgehead atoms. The highest BCUT2D eigenvalue weighted by Crippen LogP contribution is 2.43. The fourth-order valence-electron chi connectivity index (χ4n) is 10.3. The molecule has 0 spiro atoms.